The third kappa shape index (κ3) is 6.36. The Balaban J connectivity index is 2.66. The van der Waals surface area contributed by atoms with Crippen molar-refractivity contribution in [1.82, 2.24) is 15.1 Å². The molecule has 0 aliphatic rings. The highest BCUT2D eigenvalue weighted by atomic mass is 79.9. The first-order valence-corrected chi connectivity index (χ1v) is 7.77. The van der Waals surface area contributed by atoms with Gasteiger partial charge in [-0.1, -0.05) is 13.8 Å². The molecule has 1 atom stereocenters. The number of nitrogens with one attached hydrogen (secondary N) is 1. The number of rotatable bonds is 9. The smallest absolute Gasteiger partial charge is 0.372 e. The number of alkyl halides is 3. The van der Waals surface area contributed by atoms with E-state index >= 15 is 0 Å². The minimum Gasteiger partial charge on any atom is -0.372 e. The van der Waals surface area contributed by atoms with Crippen LogP contribution in [0.2, 0.25) is 0 Å². The molecule has 1 unspecified atom stereocenters. The van der Waals surface area contributed by atoms with Crippen LogP contribution in [0.3, 0.4) is 0 Å². The van der Waals surface area contributed by atoms with Gasteiger partial charge in [0, 0.05) is 13.2 Å². The lowest BCUT2D eigenvalue weighted by molar-refractivity contribution is -0.174. The normalized spacial score (nSPS) is 13.6. The van der Waals surface area contributed by atoms with Crippen LogP contribution in [0.4, 0.5) is 13.2 Å². The van der Waals surface area contributed by atoms with Crippen molar-refractivity contribution in [2.75, 3.05) is 19.8 Å². The molecule has 0 spiro atoms. The first-order valence-electron chi connectivity index (χ1n) is 6.98. The Morgan fingerprint density at radius 3 is 2.71 bits per heavy atom. The predicted molar refractivity (Wildman–Crippen MR) is 78.1 cm³/mol. The summed E-state index contributed by atoms with van der Waals surface area (Å²) in [6.45, 7) is 4.33. The van der Waals surface area contributed by atoms with Crippen molar-refractivity contribution in [3.63, 3.8) is 0 Å². The number of nitrogens with zero attached hydrogens (tertiary/aromatic N) is 2. The zero-order valence-electron chi connectivity index (χ0n) is 12.2. The minimum absolute atomic E-state index is 0.0426. The fourth-order valence-electron chi connectivity index (χ4n) is 2.08. The van der Waals surface area contributed by atoms with E-state index in [9.17, 15) is 13.2 Å². The average molecular weight is 372 g/mol. The van der Waals surface area contributed by atoms with Crippen LogP contribution in [-0.4, -0.2) is 35.7 Å². The quantitative estimate of drug-likeness (QED) is 0.673. The molecule has 0 fully saturated rings. The van der Waals surface area contributed by atoms with Gasteiger partial charge in [-0.15, -0.1) is 0 Å². The molecule has 21 heavy (non-hydrogen) atoms. The van der Waals surface area contributed by atoms with E-state index in [0.29, 0.717) is 13.0 Å². The van der Waals surface area contributed by atoms with Gasteiger partial charge in [-0.05, 0) is 35.3 Å². The molecular formula is C13H21BrF3N3O. The molecular weight excluding hydrogens is 351 g/mol. The molecule has 1 heterocycles. The maximum Gasteiger partial charge on any atom is 0.411 e. The Hall–Kier alpha value is -0.600. The highest BCUT2D eigenvalue weighted by molar-refractivity contribution is 9.10. The fourth-order valence-corrected chi connectivity index (χ4v) is 2.65. The summed E-state index contributed by atoms with van der Waals surface area (Å²) >= 11 is 3.45. The number of halogens is 4. The molecule has 0 saturated carbocycles. The topological polar surface area (TPSA) is 39.1 Å². The second-order valence-electron chi connectivity index (χ2n) is 4.67. The maximum atomic E-state index is 12.1. The van der Waals surface area contributed by atoms with Gasteiger partial charge < -0.3 is 10.1 Å². The Labute approximate surface area is 131 Å². The molecule has 0 aliphatic heterocycles. The highest BCUT2D eigenvalue weighted by Crippen LogP contribution is 2.26. The Morgan fingerprint density at radius 2 is 2.14 bits per heavy atom. The van der Waals surface area contributed by atoms with Crippen molar-refractivity contribution in [2.45, 2.75) is 45.5 Å². The lowest BCUT2D eigenvalue weighted by Crippen LogP contribution is -2.26. The Morgan fingerprint density at radius 1 is 1.43 bits per heavy atom. The van der Waals surface area contributed by atoms with E-state index in [2.05, 4.69) is 26.3 Å². The van der Waals surface area contributed by atoms with Crippen LogP contribution < -0.4 is 5.32 Å². The van der Waals surface area contributed by atoms with E-state index in [1.165, 1.54) is 0 Å². The van der Waals surface area contributed by atoms with Crippen LogP contribution in [0.25, 0.3) is 0 Å². The molecule has 122 valence electrons. The molecule has 1 aromatic rings. The summed E-state index contributed by atoms with van der Waals surface area (Å²) < 4.78 is 43.6. The molecule has 0 saturated heterocycles. The van der Waals surface area contributed by atoms with E-state index < -0.39 is 12.8 Å². The Kier molecular flexibility index (Phi) is 7.69. The molecule has 1 aromatic heterocycles. The van der Waals surface area contributed by atoms with Gasteiger partial charge in [0.05, 0.1) is 22.4 Å². The van der Waals surface area contributed by atoms with Gasteiger partial charge >= 0.3 is 6.18 Å². The molecule has 8 heteroatoms. The standard InChI is InChI=1S/C13H21BrF3N3O/c1-3-6-20-12(10(14)8-19-20)11(18-4-2)5-7-21-9-13(15,16)17/h8,11,18H,3-7,9H2,1-2H3. The molecule has 0 bridgehead atoms. The number of hydrogen-bond acceptors (Lipinski definition) is 3. The van der Waals surface area contributed by atoms with Gasteiger partial charge in [0.15, 0.2) is 0 Å². The summed E-state index contributed by atoms with van der Waals surface area (Å²) in [5.74, 6) is 0. The molecule has 1 N–H and O–H groups in total. The largest absolute Gasteiger partial charge is 0.411 e. The van der Waals surface area contributed by atoms with Crippen molar-refractivity contribution in [1.29, 1.82) is 0 Å². The minimum atomic E-state index is -4.28. The van der Waals surface area contributed by atoms with Gasteiger partial charge in [-0.25, -0.2) is 0 Å². The fraction of sp³-hybridized carbons (Fsp3) is 0.769. The SMILES string of the molecule is CCCn1ncc(Br)c1C(CCOCC(F)(F)F)NCC. The zero-order valence-corrected chi connectivity index (χ0v) is 13.8. The molecule has 0 aliphatic carbocycles. The van der Waals surface area contributed by atoms with Crippen molar-refractivity contribution >= 4 is 15.9 Å². The summed E-state index contributed by atoms with van der Waals surface area (Å²) in [7, 11) is 0. The van der Waals surface area contributed by atoms with Crippen LogP contribution in [-0.2, 0) is 11.3 Å². The lowest BCUT2D eigenvalue weighted by atomic mass is 10.1. The first kappa shape index (κ1) is 18.4. The summed E-state index contributed by atoms with van der Waals surface area (Å²) in [4.78, 5) is 0. The zero-order chi connectivity index (χ0) is 15.9. The number of hydrogen-bond donors (Lipinski definition) is 1. The second kappa shape index (κ2) is 8.75. The third-order valence-corrected chi connectivity index (χ3v) is 3.48. The van der Waals surface area contributed by atoms with Crippen molar-refractivity contribution in [3.8, 4) is 0 Å². The molecule has 4 nitrogen and oxygen atoms in total. The number of ether oxygens (including phenoxy) is 1. The van der Waals surface area contributed by atoms with E-state index in [0.717, 1.165) is 23.1 Å². The van der Waals surface area contributed by atoms with Crippen molar-refractivity contribution in [3.05, 3.63) is 16.4 Å². The molecule has 0 amide bonds. The highest BCUT2D eigenvalue weighted by Gasteiger charge is 2.27. The summed E-state index contributed by atoms with van der Waals surface area (Å²) in [5, 5.41) is 7.56. The first-order chi connectivity index (χ1) is 9.89. The van der Waals surface area contributed by atoms with E-state index in [4.69, 9.17) is 4.74 Å². The lowest BCUT2D eigenvalue weighted by Gasteiger charge is -2.20. The summed E-state index contributed by atoms with van der Waals surface area (Å²) in [6, 6.07) is -0.0911. The van der Waals surface area contributed by atoms with E-state index in [-0.39, 0.29) is 12.6 Å². The molecule has 0 aromatic carbocycles. The van der Waals surface area contributed by atoms with Crippen LogP contribution in [0.15, 0.2) is 10.7 Å². The van der Waals surface area contributed by atoms with Gasteiger partial charge in [0.1, 0.15) is 6.61 Å². The summed E-state index contributed by atoms with van der Waals surface area (Å²) in [6.07, 6.45) is -1.17. The van der Waals surface area contributed by atoms with Crippen LogP contribution >= 0.6 is 15.9 Å². The van der Waals surface area contributed by atoms with Crippen molar-refractivity contribution < 1.29 is 17.9 Å². The maximum absolute atomic E-state index is 12.1. The second-order valence-corrected chi connectivity index (χ2v) is 5.52. The van der Waals surface area contributed by atoms with Gasteiger partial charge in [-0.2, -0.15) is 18.3 Å². The predicted octanol–water partition coefficient (Wildman–Crippen LogP) is 3.68. The average Bonchev–Trinajstić information content (AvgIpc) is 2.74. The molecule has 0 radical (unpaired) electrons. The number of aromatic nitrogens is 2. The third-order valence-electron chi connectivity index (χ3n) is 2.87. The van der Waals surface area contributed by atoms with E-state index in [1.807, 2.05) is 18.5 Å². The monoisotopic (exact) mass is 371 g/mol. The van der Waals surface area contributed by atoms with Gasteiger partial charge in [0.25, 0.3) is 0 Å². The molecule has 1 rings (SSSR count). The number of aryl methyl sites for hydroxylation is 1. The van der Waals surface area contributed by atoms with Gasteiger partial charge in [0.2, 0.25) is 0 Å². The van der Waals surface area contributed by atoms with Crippen LogP contribution in [0.1, 0.15) is 38.4 Å². The van der Waals surface area contributed by atoms with Gasteiger partial charge in [-0.3, -0.25) is 4.68 Å². The summed E-state index contributed by atoms with van der Waals surface area (Å²) in [5.41, 5.74) is 0.953. The van der Waals surface area contributed by atoms with Crippen LogP contribution in [0, 0.1) is 0 Å². The van der Waals surface area contributed by atoms with Crippen molar-refractivity contribution in [2.24, 2.45) is 0 Å². The Bertz CT molecular complexity index is 423. The van der Waals surface area contributed by atoms with E-state index in [1.54, 1.807) is 6.20 Å². The van der Waals surface area contributed by atoms with Crippen LogP contribution in [0.5, 0.6) is 0 Å².